The molecular formula is C18H28O2Si. The first-order chi connectivity index (χ1) is 9.44. The van der Waals surface area contributed by atoms with Crippen molar-refractivity contribution >= 4 is 19.2 Å². The Morgan fingerprint density at radius 1 is 1.05 bits per heavy atom. The number of benzene rings is 1. The van der Waals surface area contributed by atoms with Gasteiger partial charge in [0, 0.05) is 5.41 Å². The molecule has 0 spiro atoms. The van der Waals surface area contributed by atoms with Gasteiger partial charge >= 0.3 is 5.97 Å². The van der Waals surface area contributed by atoms with E-state index in [-0.39, 0.29) is 17.3 Å². The van der Waals surface area contributed by atoms with E-state index in [1.807, 2.05) is 13.8 Å². The normalized spacial score (nSPS) is 24.5. The predicted molar refractivity (Wildman–Crippen MR) is 90.7 cm³/mol. The number of carbonyl (C=O) groups is 1. The summed E-state index contributed by atoms with van der Waals surface area (Å²) in [6.45, 7) is 15.4. The lowest BCUT2D eigenvalue weighted by molar-refractivity contribution is -0.184. The van der Waals surface area contributed by atoms with Gasteiger partial charge in [0.2, 0.25) is 0 Å². The molecule has 1 aromatic rings. The maximum absolute atomic E-state index is 12.4. The second-order valence-electron chi connectivity index (χ2n) is 8.44. The molecule has 1 atom stereocenters. The smallest absolute Gasteiger partial charge is 0.313 e. The number of cyclic esters (lactones) is 1. The lowest BCUT2D eigenvalue weighted by atomic mass is 9.68. The van der Waals surface area contributed by atoms with E-state index in [2.05, 4.69) is 57.8 Å². The number of carbonyl (C=O) groups excluding carboxylic acids is 1. The maximum Gasteiger partial charge on any atom is 0.313 e. The van der Waals surface area contributed by atoms with Gasteiger partial charge in [0.15, 0.2) is 0 Å². The highest BCUT2D eigenvalue weighted by atomic mass is 28.3. The van der Waals surface area contributed by atoms with Gasteiger partial charge in [-0.3, -0.25) is 4.79 Å². The molecule has 0 saturated carbocycles. The van der Waals surface area contributed by atoms with Crippen LogP contribution < -0.4 is 5.19 Å². The second kappa shape index (κ2) is 4.98. The van der Waals surface area contributed by atoms with Crippen LogP contribution in [0.15, 0.2) is 24.3 Å². The quantitative estimate of drug-likeness (QED) is 0.608. The molecule has 0 bridgehead atoms. The van der Waals surface area contributed by atoms with E-state index in [9.17, 15) is 4.79 Å². The molecule has 21 heavy (non-hydrogen) atoms. The Balaban J connectivity index is 2.28. The van der Waals surface area contributed by atoms with Crippen molar-refractivity contribution < 1.29 is 9.53 Å². The summed E-state index contributed by atoms with van der Waals surface area (Å²) in [5.41, 5.74) is 0.660. The van der Waals surface area contributed by atoms with Gasteiger partial charge in [0.05, 0.1) is 14.0 Å². The highest BCUT2D eigenvalue weighted by Crippen LogP contribution is 2.47. The van der Waals surface area contributed by atoms with Gasteiger partial charge in [-0.2, -0.15) is 0 Å². The van der Waals surface area contributed by atoms with Gasteiger partial charge in [-0.25, -0.2) is 0 Å². The Hall–Kier alpha value is -1.09. The Bertz CT molecular complexity index is 535. The summed E-state index contributed by atoms with van der Waals surface area (Å²) in [4.78, 5) is 12.4. The lowest BCUT2D eigenvalue weighted by Gasteiger charge is -2.47. The fraction of sp³-hybridized carbons (Fsp3) is 0.611. The summed E-state index contributed by atoms with van der Waals surface area (Å²) in [5, 5.41) is 1.43. The molecule has 0 amide bonds. The third kappa shape index (κ3) is 3.08. The van der Waals surface area contributed by atoms with Crippen LogP contribution in [0.25, 0.3) is 0 Å². The van der Waals surface area contributed by atoms with Crippen molar-refractivity contribution in [1.82, 2.24) is 0 Å². The zero-order chi connectivity index (χ0) is 16.1. The number of hydrogen-bond acceptors (Lipinski definition) is 2. The molecule has 1 fully saturated rings. The molecule has 1 unspecified atom stereocenters. The Morgan fingerprint density at radius 3 is 2.05 bits per heavy atom. The molecule has 1 aromatic carbocycles. The van der Waals surface area contributed by atoms with E-state index >= 15 is 0 Å². The zero-order valence-electron chi connectivity index (χ0n) is 14.4. The summed E-state index contributed by atoms with van der Waals surface area (Å²) < 4.78 is 5.72. The van der Waals surface area contributed by atoms with Gasteiger partial charge in [-0.05, 0) is 25.8 Å². The largest absolute Gasteiger partial charge is 0.459 e. The van der Waals surface area contributed by atoms with Gasteiger partial charge < -0.3 is 4.74 Å². The van der Waals surface area contributed by atoms with E-state index in [1.54, 1.807) is 0 Å². The van der Waals surface area contributed by atoms with Crippen LogP contribution in [0.3, 0.4) is 0 Å². The molecule has 116 valence electrons. The van der Waals surface area contributed by atoms with Crippen LogP contribution in [0.1, 0.15) is 45.6 Å². The number of hydrogen-bond donors (Lipinski definition) is 0. The lowest BCUT2D eigenvalue weighted by Crippen LogP contribution is -2.50. The van der Waals surface area contributed by atoms with Crippen LogP contribution in [-0.2, 0) is 9.53 Å². The summed E-state index contributed by atoms with van der Waals surface area (Å²) in [6, 6.07) is 8.63. The van der Waals surface area contributed by atoms with E-state index in [0.29, 0.717) is 0 Å². The molecule has 1 aliphatic rings. The van der Waals surface area contributed by atoms with Gasteiger partial charge in [-0.1, -0.05) is 62.9 Å². The molecule has 2 nitrogen and oxygen atoms in total. The third-order valence-corrected chi connectivity index (χ3v) is 7.23. The third-order valence-electron chi connectivity index (χ3n) is 5.16. The minimum absolute atomic E-state index is 0.0248. The number of ether oxygens (including phenoxy) is 1. The van der Waals surface area contributed by atoms with Crippen molar-refractivity contribution in [2.45, 2.75) is 65.3 Å². The zero-order valence-corrected chi connectivity index (χ0v) is 15.4. The SMILES string of the molecule is CC1(C)CC(c2ccc([Si](C)(C)C)cc2)C(=O)OC1(C)C. The fourth-order valence-electron chi connectivity index (χ4n) is 2.77. The molecule has 0 N–H and O–H groups in total. The van der Waals surface area contributed by atoms with Crippen molar-refractivity contribution in [2.24, 2.45) is 5.41 Å². The molecule has 3 heteroatoms. The highest BCUT2D eigenvalue weighted by molar-refractivity contribution is 6.88. The van der Waals surface area contributed by atoms with E-state index in [0.717, 1.165) is 12.0 Å². The van der Waals surface area contributed by atoms with Crippen LogP contribution in [-0.4, -0.2) is 19.6 Å². The monoisotopic (exact) mass is 304 g/mol. The second-order valence-corrected chi connectivity index (χ2v) is 13.5. The van der Waals surface area contributed by atoms with Crippen molar-refractivity contribution in [3.8, 4) is 0 Å². The minimum Gasteiger partial charge on any atom is -0.459 e. The van der Waals surface area contributed by atoms with Crippen LogP contribution in [0, 0.1) is 5.41 Å². The molecule has 0 aromatic heterocycles. The Morgan fingerprint density at radius 2 is 1.57 bits per heavy atom. The van der Waals surface area contributed by atoms with Crippen molar-refractivity contribution in [3.05, 3.63) is 29.8 Å². The minimum atomic E-state index is -1.29. The van der Waals surface area contributed by atoms with Crippen molar-refractivity contribution in [3.63, 3.8) is 0 Å². The van der Waals surface area contributed by atoms with E-state index in [4.69, 9.17) is 4.74 Å². The van der Waals surface area contributed by atoms with Crippen LogP contribution in [0.5, 0.6) is 0 Å². The average molecular weight is 305 g/mol. The predicted octanol–water partition coefficient (Wildman–Crippen LogP) is 4.07. The van der Waals surface area contributed by atoms with Crippen LogP contribution >= 0.6 is 0 Å². The average Bonchev–Trinajstić information content (AvgIpc) is 2.33. The summed E-state index contributed by atoms with van der Waals surface area (Å²) in [6.07, 6.45) is 0.838. The topological polar surface area (TPSA) is 26.3 Å². The van der Waals surface area contributed by atoms with Crippen molar-refractivity contribution in [2.75, 3.05) is 0 Å². The summed E-state index contributed by atoms with van der Waals surface area (Å²) in [5.74, 6) is -0.219. The number of rotatable bonds is 2. The van der Waals surface area contributed by atoms with Gasteiger partial charge in [-0.15, -0.1) is 0 Å². The Labute approximate surface area is 129 Å². The molecule has 0 radical (unpaired) electrons. The molecule has 1 saturated heterocycles. The van der Waals surface area contributed by atoms with E-state index in [1.165, 1.54) is 5.19 Å². The van der Waals surface area contributed by atoms with Crippen LogP contribution in [0.2, 0.25) is 19.6 Å². The molecule has 1 aliphatic heterocycles. The summed E-state index contributed by atoms with van der Waals surface area (Å²) in [7, 11) is -1.29. The fourth-order valence-corrected chi connectivity index (χ4v) is 3.94. The van der Waals surface area contributed by atoms with Gasteiger partial charge in [0.1, 0.15) is 5.60 Å². The Kier molecular flexibility index (Phi) is 3.86. The first-order valence-corrected chi connectivity index (χ1v) is 11.3. The summed E-state index contributed by atoms with van der Waals surface area (Å²) >= 11 is 0. The van der Waals surface area contributed by atoms with E-state index < -0.39 is 13.7 Å². The van der Waals surface area contributed by atoms with Gasteiger partial charge in [0.25, 0.3) is 0 Å². The maximum atomic E-state index is 12.4. The first kappa shape index (κ1) is 16.3. The van der Waals surface area contributed by atoms with Crippen molar-refractivity contribution in [1.29, 1.82) is 0 Å². The highest BCUT2D eigenvalue weighted by Gasteiger charge is 2.48. The first-order valence-electron chi connectivity index (χ1n) is 7.77. The molecular weight excluding hydrogens is 276 g/mol. The molecule has 0 aliphatic carbocycles. The standard InChI is InChI=1S/C18H28O2Si/c1-17(2)12-15(16(19)20-18(17,3)4)13-8-10-14(11-9-13)21(5,6)7/h8-11,15H,12H2,1-7H3. The number of esters is 1. The molecule has 1 heterocycles. The molecule has 2 rings (SSSR count). The van der Waals surface area contributed by atoms with Crippen LogP contribution in [0.4, 0.5) is 0 Å².